The van der Waals surface area contributed by atoms with E-state index in [1.165, 1.54) is 28.2 Å². The highest BCUT2D eigenvalue weighted by molar-refractivity contribution is 7.86. The summed E-state index contributed by atoms with van der Waals surface area (Å²) in [4.78, 5) is 14.1. The molecule has 1 aliphatic rings. The van der Waals surface area contributed by atoms with E-state index in [0.717, 1.165) is 16.7 Å². The van der Waals surface area contributed by atoms with E-state index in [1.54, 1.807) is 19.2 Å². The number of benzene rings is 3. The monoisotopic (exact) mass is 495 g/mol. The van der Waals surface area contributed by atoms with Crippen molar-refractivity contribution in [3.8, 4) is 11.1 Å². The second-order valence-electron chi connectivity index (χ2n) is 8.43. The van der Waals surface area contributed by atoms with Gasteiger partial charge in [-0.3, -0.25) is 4.18 Å². The lowest BCUT2D eigenvalue weighted by Gasteiger charge is -2.19. The summed E-state index contributed by atoms with van der Waals surface area (Å²) >= 11 is 0. The number of carbonyl (C=O) groups is 1. The largest absolute Gasteiger partial charge is 0.448 e. The van der Waals surface area contributed by atoms with Crippen LogP contribution >= 0.6 is 0 Å². The van der Waals surface area contributed by atoms with Gasteiger partial charge in [-0.15, -0.1) is 0 Å². The molecule has 1 aliphatic carbocycles. The maximum absolute atomic E-state index is 12.5. The lowest BCUT2D eigenvalue weighted by atomic mass is 9.98. The van der Waals surface area contributed by atoms with Crippen molar-refractivity contribution in [1.82, 2.24) is 4.90 Å². The minimum atomic E-state index is -3.82. The van der Waals surface area contributed by atoms with Gasteiger partial charge in [0.15, 0.2) is 0 Å². The highest BCUT2D eigenvalue weighted by Gasteiger charge is 2.29. The van der Waals surface area contributed by atoms with Crippen molar-refractivity contribution in [2.45, 2.75) is 17.7 Å². The molecule has 8 heteroatoms. The topological polar surface area (TPSA) is 82.1 Å². The zero-order valence-electron chi connectivity index (χ0n) is 19.8. The van der Waals surface area contributed by atoms with Crippen molar-refractivity contribution < 1.29 is 26.9 Å². The molecule has 0 heterocycles. The fraction of sp³-hybridized carbons (Fsp3) is 0.296. The molecule has 7 nitrogen and oxygen atoms in total. The average Bonchev–Trinajstić information content (AvgIpc) is 3.18. The fourth-order valence-corrected chi connectivity index (χ4v) is 4.97. The first-order valence-electron chi connectivity index (χ1n) is 11.5. The molecule has 1 amide bonds. The molecule has 0 radical (unpaired) electrons. The Morgan fingerprint density at radius 3 is 2.09 bits per heavy atom. The summed E-state index contributed by atoms with van der Waals surface area (Å²) < 4.78 is 40.4. The van der Waals surface area contributed by atoms with Crippen molar-refractivity contribution in [2.75, 3.05) is 40.0 Å². The first kappa shape index (κ1) is 24.9. The third-order valence-corrected chi connectivity index (χ3v) is 7.32. The Labute approximate surface area is 206 Å². The van der Waals surface area contributed by atoms with Crippen LogP contribution in [0.25, 0.3) is 11.1 Å². The van der Waals surface area contributed by atoms with Crippen molar-refractivity contribution in [2.24, 2.45) is 0 Å². The van der Waals surface area contributed by atoms with Gasteiger partial charge in [0.25, 0.3) is 10.1 Å². The molecule has 0 aliphatic heterocycles. The normalized spacial score (nSPS) is 12.7. The van der Waals surface area contributed by atoms with E-state index in [0.29, 0.717) is 6.54 Å². The van der Waals surface area contributed by atoms with E-state index < -0.39 is 16.2 Å². The zero-order valence-corrected chi connectivity index (χ0v) is 20.7. The molecule has 0 unspecified atom stereocenters. The summed E-state index contributed by atoms with van der Waals surface area (Å²) in [5, 5.41) is 0. The predicted octanol–water partition coefficient (Wildman–Crippen LogP) is 4.60. The molecule has 0 saturated carbocycles. The van der Waals surface area contributed by atoms with Crippen molar-refractivity contribution >= 4 is 16.2 Å². The lowest BCUT2D eigenvalue weighted by molar-refractivity contribution is 0.0714. The van der Waals surface area contributed by atoms with Gasteiger partial charge in [0.2, 0.25) is 0 Å². The molecular weight excluding hydrogens is 466 g/mol. The molecule has 0 saturated heterocycles. The Balaban J connectivity index is 1.18. The Morgan fingerprint density at radius 1 is 0.857 bits per heavy atom. The molecule has 4 rings (SSSR count). The fourth-order valence-electron chi connectivity index (χ4n) is 4.07. The summed E-state index contributed by atoms with van der Waals surface area (Å²) in [6.07, 6.45) is -0.436. The lowest BCUT2D eigenvalue weighted by Crippen LogP contribution is -2.32. The molecule has 184 valence electrons. The van der Waals surface area contributed by atoms with Gasteiger partial charge in [0.05, 0.1) is 24.7 Å². The highest BCUT2D eigenvalue weighted by Crippen LogP contribution is 2.44. The number of amides is 1. The van der Waals surface area contributed by atoms with Crippen LogP contribution in [0.2, 0.25) is 0 Å². The van der Waals surface area contributed by atoms with Gasteiger partial charge in [-0.2, -0.15) is 8.42 Å². The van der Waals surface area contributed by atoms with Crippen molar-refractivity contribution in [3.63, 3.8) is 0 Å². The van der Waals surface area contributed by atoms with E-state index in [2.05, 4.69) is 24.3 Å². The number of carbonyl (C=O) groups excluding carboxylic acids is 1. The van der Waals surface area contributed by atoms with Crippen molar-refractivity contribution in [3.05, 3.63) is 89.5 Å². The number of aryl methyl sites for hydroxylation is 1. The van der Waals surface area contributed by atoms with Crippen LogP contribution in [0.3, 0.4) is 0 Å². The van der Waals surface area contributed by atoms with Crippen LogP contribution in [0.1, 0.15) is 22.6 Å². The number of likely N-dealkylation sites (N-methyl/N-ethyl adjacent to an activating group) is 1. The molecule has 0 N–H and O–H groups in total. The molecule has 0 atom stereocenters. The number of ether oxygens (including phenoxy) is 2. The Bertz CT molecular complexity index is 1230. The summed E-state index contributed by atoms with van der Waals surface area (Å²) in [7, 11) is -2.18. The molecule has 35 heavy (non-hydrogen) atoms. The average molecular weight is 496 g/mol. The van der Waals surface area contributed by atoms with Crippen LogP contribution in [-0.4, -0.2) is 59.4 Å². The number of rotatable bonds is 10. The van der Waals surface area contributed by atoms with Crippen LogP contribution in [0, 0.1) is 6.92 Å². The van der Waals surface area contributed by atoms with Gasteiger partial charge in [-0.25, -0.2) is 4.79 Å². The van der Waals surface area contributed by atoms with Gasteiger partial charge in [0, 0.05) is 19.5 Å². The summed E-state index contributed by atoms with van der Waals surface area (Å²) in [5.41, 5.74) is 5.64. The Kier molecular flexibility index (Phi) is 7.85. The maximum Gasteiger partial charge on any atom is 0.409 e. The van der Waals surface area contributed by atoms with E-state index in [9.17, 15) is 13.2 Å². The maximum atomic E-state index is 12.5. The quantitative estimate of drug-likeness (QED) is 0.302. The van der Waals surface area contributed by atoms with Crippen LogP contribution in [0.5, 0.6) is 0 Å². The van der Waals surface area contributed by atoms with Crippen LogP contribution in [0.15, 0.2) is 77.7 Å². The molecule has 0 spiro atoms. The first-order valence-corrected chi connectivity index (χ1v) is 12.9. The number of nitrogens with zero attached hydrogens (tertiary/aromatic N) is 1. The molecule has 0 bridgehead atoms. The van der Waals surface area contributed by atoms with E-state index >= 15 is 0 Å². The molecule has 3 aromatic rings. The molecule has 0 fully saturated rings. The van der Waals surface area contributed by atoms with Gasteiger partial charge >= 0.3 is 6.09 Å². The third-order valence-electron chi connectivity index (χ3n) is 5.99. The van der Waals surface area contributed by atoms with Crippen LogP contribution in [-0.2, 0) is 23.8 Å². The smallest absolute Gasteiger partial charge is 0.409 e. The van der Waals surface area contributed by atoms with E-state index in [4.69, 9.17) is 13.7 Å². The number of fused-ring (bicyclic) bond motifs is 3. The summed E-state index contributed by atoms with van der Waals surface area (Å²) in [5.74, 6) is 0.00336. The van der Waals surface area contributed by atoms with Gasteiger partial charge in [0.1, 0.15) is 6.61 Å². The van der Waals surface area contributed by atoms with Crippen molar-refractivity contribution in [1.29, 1.82) is 0 Å². The summed E-state index contributed by atoms with van der Waals surface area (Å²) in [6, 6.07) is 22.8. The minimum absolute atomic E-state index is 0.00336. The summed E-state index contributed by atoms with van der Waals surface area (Å²) in [6.45, 7) is 2.65. The van der Waals surface area contributed by atoms with Gasteiger partial charge < -0.3 is 14.4 Å². The minimum Gasteiger partial charge on any atom is -0.448 e. The highest BCUT2D eigenvalue weighted by atomic mass is 32.2. The van der Waals surface area contributed by atoms with Crippen LogP contribution < -0.4 is 0 Å². The van der Waals surface area contributed by atoms with Gasteiger partial charge in [-0.05, 0) is 41.3 Å². The van der Waals surface area contributed by atoms with Gasteiger partial charge in [-0.1, -0.05) is 66.2 Å². The molecule has 0 aromatic heterocycles. The standard InChI is InChI=1S/C27H29NO6S/c1-20-11-13-21(14-12-20)35(30,31)34-18-17-32-16-15-28(2)27(29)33-19-26-24-9-5-3-7-22(24)23-8-4-6-10-25(23)26/h3-14,26H,15-19H2,1-2H3. The molecular formula is C27H29NO6S. The second kappa shape index (κ2) is 11.0. The predicted molar refractivity (Wildman–Crippen MR) is 133 cm³/mol. The number of hydrogen-bond acceptors (Lipinski definition) is 6. The first-order chi connectivity index (χ1) is 16.9. The van der Waals surface area contributed by atoms with Crippen LogP contribution in [0.4, 0.5) is 4.79 Å². The Hall–Kier alpha value is -3.20. The number of hydrogen-bond donors (Lipinski definition) is 0. The van der Waals surface area contributed by atoms with E-state index in [-0.39, 0.29) is 37.2 Å². The Morgan fingerprint density at radius 2 is 1.46 bits per heavy atom. The second-order valence-corrected chi connectivity index (χ2v) is 10.0. The zero-order chi connectivity index (χ0) is 24.8. The SMILES string of the molecule is Cc1ccc(S(=O)(=O)OCCOCCN(C)C(=O)OCC2c3ccccc3-c3ccccc32)cc1. The molecule has 3 aromatic carbocycles. The third kappa shape index (κ3) is 5.90. The van der Waals surface area contributed by atoms with E-state index in [1.807, 2.05) is 31.2 Å².